The fourth-order valence-electron chi connectivity index (χ4n) is 3.72. The largest absolute Gasteiger partial charge is 0.121 e. The highest BCUT2D eigenvalue weighted by atomic mass is 32.2. The van der Waals surface area contributed by atoms with E-state index < -0.39 is 0 Å². The third kappa shape index (κ3) is 7.50. The van der Waals surface area contributed by atoms with Gasteiger partial charge in [0.1, 0.15) is 0 Å². The van der Waals surface area contributed by atoms with Gasteiger partial charge in [-0.05, 0) is 61.6 Å². The first-order valence-corrected chi connectivity index (χ1v) is 13.9. The topological polar surface area (TPSA) is 0 Å². The second-order valence-electron chi connectivity index (χ2n) is 8.47. The lowest BCUT2D eigenvalue weighted by Gasteiger charge is -2.38. The minimum Gasteiger partial charge on any atom is -0.121 e. The van der Waals surface area contributed by atoms with Gasteiger partial charge in [0, 0.05) is 30.6 Å². The van der Waals surface area contributed by atoms with Crippen molar-refractivity contribution in [1.82, 2.24) is 0 Å². The van der Waals surface area contributed by atoms with E-state index in [1.807, 2.05) is 35.3 Å². The number of thioether (sulfide) groups is 3. The molecule has 2 atom stereocenters. The number of allylic oxidation sites excluding steroid dienone is 2. The molecule has 3 aromatic rings. The van der Waals surface area contributed by atoms with Gasteiger partial charge in [0.2, 0.25) is 0 Å². The zero-order valence-electron chi connectivity index (χ0n) is 19.5. The van der Waals surface area contributed by atoms with Crippen LogP contribution in [0.2, 0.25) is 0 Å². The van der Waals surface area contributed by atoms with Crippen LogP contribution >= 0.6 is 35.3 Å². The Balaban J connectivity index is 1.93. The molecule has 0 nitrogen and oxygen atoms in total. The molecular weight excluding hydrogens is 445 g/mol. The van der Waals surface area contributed by atoms with E-state index in [1.54, 1.807) is 0 Å². The van der Waals surface area contributed by atoms with Crippen LogP contribution < -0.4 is 0 Å². The fraction of sp³-hybridized carbons (Fsp3) is 0.310. The van der Waals surface area contributed by atoms with Gasteiger partial charge in [-0.2, -0.15) is 0 Å². The molecule has 0 amide bonds. The van der Waals surface area contributed by atoms with Crippen molar-refractivity contribution < 1.29 is 0 Å². The standard InChI is InChI=1S/C29H34S3/c1-5-6-22-27(30-24-16-10-7-11-17-24)23(2)28(31-25-18-12-8-13-19-25)29(3,4)32-26-20-14-9-15-21-26/h7-23,28H,5-6H2,1-4H3/b27-22+/t23-,28+/m0/s1. The molecule has 0 radical (unpaired) electrons. The molecule has 0 spiro atoms. The van der Waals surface area contributed by atoms with Gasteiger partial charge in [0.25, 0.3) is 0 Å². The molecular formula is C29H34S3. The van der Waals surface area contributed by atoms with Crippen molar-refractivity contribution in [3.05, 3.63) is 102 Å². The Bertz CT molecular complexity index is 949. The minimum atomic E-state index is 0.0455. The first-order valence-electron chi connectivity index (χ1n) is 11.4. The summed E-state index contributed by atoms with van der Waals surface area (Å²) in [7, 11) is 0. The highest BCUT2D eigenvalue weighted by Crippen LogP contribution is 2.49. The van der Waals surface area contributed by atoms with E-state index in [0.717, 1.165) is 6.42 Å². The molecule has 0 unspecified atom stereocenters. The molecule has 0 N–H and O–H groups in total. The molecule has 3 heteroatoms. The first-order chi connectivity index (χ1) is 15.5. The van der Waals surface area contributed by atoms with Crippen molar-refractivity contribution in [3.8, 4) is 0 Å². The van der Waals surface area contributed by atoms with Crippen LogP contribution in [0.15, 0.2) is 117 Å². The molecule has 0 fully saturated rings. The number of hydrogen-bond donors (Lipinski definition) is 0. The molecule has 0 aliphatic rings. The Labute approximate surface area is 207 Å². The van der Waals surface area contributed by atoms with E-state index in [-0.39, 0.29) is 4.75 Å². The second-order valence-corrected chi connectivity index (χ2v) is 12.6. The summed E-state index contributed by atoms with van der Waals surface area (Å²) >= 11 is 5.95. The summed E-state index contributed by atoms with van der Waals surface area (Å²) in [6.45, 7) is 9.50. The highest BCUT2D eigenvalue weighted by Gasteiger charge is 2.37. The molecule has 3 aromatic carbocycles. The molecule has 0 saturated heterocycles. The van der Waals surface area contributed by atoms with Crippen LogP contribution in [0, 0.1) is 5.92 Å². The van der Waals surface area contributed by atoms with E-state index in [2.05, 4.69) is 125 Å². The van der Waals surface area contributed by atoms with Crippen molar-refractivity contribution in [2.45, 2.75) is 65.2 Å². The van der Waals surface area contributed by atoms with Gasteiger partial charge in [-0.1, -0.05) is 92.7 Å². The number of benzene rings is 3. The third-order valence-corrected chi connectivity index (χ3v) is 9.85. The van der Waals surface area contributed by atoms with Crippen LogP contribution in [0.1, 0.15) is 40.5 Å². The summed E-state index contributed by atoms with van der Waals surface area (Å²) in [5.41, 5.74) is 0. The van der Waals surface area contributed by atoms with E-state index in [1.165, 1.54) is 26.0 Å². The summed E-state index contributed by atoms with van der Waals surface area (Å²) in [5.74, 6) is 0.420. The Kier molecular flexibility index (Phi) is 9.90. The van der Waals surface area contributed by atoms with Crippen LogP contribution in [-0.4, -0.2) is 10.00 Å². The molecule has 0 bridgehead atoms. The maximum Gasteiger partial charge on any atom is 0.0311 e. The third-order valence-electron chi connectivity index (χ3n) is 5.33. The van der Waals surface area contributed by atoms with Crippen LogP contribution in [0.25, 0.3) is 0 Å². The van der Waals surface area contributed by atoms with Crippen molar-refractivity contribution >= 4 is 35.3 Å². The number of rotatable bonds is 11. The summed E-state index contributed by atoms with van der Waals surface area (Å²) in [4.78, 5) is 5.47. The van der Waals surface area contributed by atoms with Crippen molar-refractivity contribution in [2.75, 3.05) is 0 Å². The zero-order chi connectivity index (χ0) is 22.8. The number of unbranched alkanes of at least 4 members (excludes halogenated alkanes) is 1. The van der Waals surface area contributed by atoms with Crippen LogP contribution in [0.3, 0.4) is 0 Å². The molecule has 32 heavy (non-hydrogen) atoms. The molecule has 3 rings (SSSR count). The maximum atomic E-state index is 2.48. The maximum absolute atomic E-state index is 2.48. The monoisotopic (exact) mass is 478 g/mol. The van der Waals surface area contributed by atoms with Crippen molar-refractivity contribution in [1.29, 1.82) is 0 Å². The van der Waals surface area contributed by atoms with Gasteiger partial charge < -0.3 is 0 Å². The van der Waals surface area contributed by atoms with E-state index in [4.69, 9.17) is 0 Å². The Morgan fingerprint density at radius 1 is 0.781 bits per heavy atom. The van der Waals surface area contributed by atoms with Gasteiger partial charge >= 0.3 is 0 Å². The van der Waals surface area contributed by atoms with Gasteiger partial charge in [0.15, 0.2) is 0 Å². The second kappa shape index (κ2) is 12.6. The van der Waals surface area contributed by atoms with Crippen molar-refractivity contribution in [2.24, 2.45) is 5.92 Å². The summed E-state index contributed by atoms with van der Waals surface area (Å²) in [6.07, 6.45) is 4.77. The Hall–Kier alpha value is -1.55. The Morgan fingerprint density at radius 2 is 1.28 bits per heavy atom. The normalized spacial score (nSPS) is 14.2. The van der Waals surface area contributed by atoms with Crippen LogP contribution in [0.4, 0.5) is 0 Å². The molecule has 0 heterocycles. The predicted molar refractivity (Wildman–Crippen MR) is 147 cm³/mol. The first kappa shape index (κ1) is 25.1. The van der Waals surface area contributed by atoms with Crippen molar-refractivity contribution in [3.63, 3.8) is 0 Å². The van der Waals surface area contributed by atoms with Gasteiger partial charge in [0.05, 0.1) is 0 Å². The lowest BCUT2D eigenvalue weighted by atomic mass is 9.96. The summed E-state index contributed by atoms with van der Waals surface area (Å²) in [5, 5.41) is 0.412. The summed E-state index contributed by atoms with van der Waals surface area (Å²) < 4.78 is 0.0455. The fourth-order valence-corrected chi connectivity index (χ4v) is 7.65. The predicted octanol–water partition coefficient (Wildman–Crippen LogP) is 9.83. The van der Waals surface area contributed by atoms with Gasteiger partial charge in [-0.15, -0.1) is 23.5 Å². The molecule has 0 aliphatic carbocycles. The van der Waals surface area contributed by atoms with Gasteiger partial charge in [-0.3, -0.25) is 0 Å². The Morgan fingerprint density at radius 3 is 1.81 bits per heavy atom. The van der Waals surface area contributed by atoms with E-state index in [0.29, 0.717) is 11.2 Å². The highest BCUT2D eigenvalue weighted by molar-refractivity contribution is 8.05. The molecule has 0 aromatic heterocycles. The minimum absolute atomic E-state index is 0.0455. The SMILES string of the molecule is CCC/C=C(/Sc1ccccc1)[C@H](C)[C@@H](Sc1ccccc1)C(C)(C)Sc1ccccc1. The summed E-state index contributed by atoms with van der Waals surface area (Å²) in [6, 6.07) is 32.5. The number of hydrogen-bond acceptors (Lipinski definition) is 3. The van der Waals surface area contributed by atoms with E-state index in [9.17, 15) is 0 Å². The van der Waals surface area contributed by atoms with Gasteiger partial charge in [-0.25, -0.2) is 0 Å². The molecule has 0 saturated carbocycles. The van der Waals surface area contributed by atoms with Crippen LogP contribution in [-0.2, 0) is 0 Å². The molecule has 168 valence electrons. The van der Waals surface area contributed by atoms with Crippen LogP contribution in [0.5, 0.6) is 0 Å². The average molecular weight is 479 g/mol. The zero-order valence-corrected chi connectivity index (χ0v) is 22.0. The lowest BCUT2D eigenvalue weighted by molar-refractivity contribution is 0.553. The average Bonchev–Trinajstić information content (AvgIpc) is 2.81. The molecule has 0 aliphatic heterocycles. The van der Waals surface area contributed by atoms with E-state index >= 15 is 0 Å². The quantitative estimate of drug-likeness (QED) is 0.252. The smallest absolute Gasteiger partial charge is 0.0311 e. The lowest BCUT2D eigenvalue weighted by Crippen LogP contribution is -2.36.